The highest BCUT2D eigenvalue weighted by Gasteiger charge is 2.31. The number of hydrogen-bond acceptors (Lipinski definition) is 2. The van der Waals surface area contributed by atoms with E-state index in [0.717, 1.165) is 20.0 Å². The second-order valence-corrected chi connectivity index (χ2v) is 5.98. The average Bonchev–Trinajstić information content (AvgIpc) is 2.56. The van der Waals surface area contributed by atoms with E-state index in [1.807, 2.05) is 30.0 Å². The molecule has 0 aromatic heterocycles. The molecule has 138 valence electrons. The monoisotopic (exact) mass is 356 g/mol. The molecule has 1 aromatic carbocycles. The number of fused-ring (bicyclic) bond motifs is 1. The SMILES string of the molecule is CCNC(=NCC(=O)N(C)CC(F)(F)F)N1CCc2ccccc2C1. The quantitative estimate of drug-likeness (QED) is 0.663. The summed E-state index contributed by atoms with van der Waals surface area (Å²) < 4.78 is 37.1. The number of rotatable bonds is 4. The van der Waals surface area contributed by atoms with Crippen molar-refractivity contribution in [3.63, 3.8) is 0 Å². The van der Waals surface area contributed by atoms with E-state index in [0.29, 0.717) is 23.9 Å². The van der Waals surface area contributed by atoms with Gasteiger partial charge in [0.1, 0.15) is 13.1 Å². The Morgan fingerprint density at radius 1 is 1.32 bits per heavy atom. The summed E-state index contributed by atoms with van der Waals surface area (Å²) in [7, 11) is 1.13. The number of benzene rings is 1. The van der Waals surface area contributed by atoms with Gasteiger partial charge in [0.15, 0.2) is 5.96 Å². The van der Waals surface area contributed by atoms with Crippen LogP contribution in [-0.2, 0) is 17.8 Å². The normalized spacial score (nSPS) is 14.9. The molecule has 1 aliphatic heterocycles. The minimum Gasteiger partial charge on any atom is -0.356 e. The van der Waals surface area contributed by atoms with Crippen molar-refractivity contribution < 1.29 is 18.0 Å². The molecule has 1 aromatic rings. The van der Waals surface area contributed by atoms with Crippen LogP contribution in [0.25, 0.3) is 0 Å². The van der Waals surface area contributed by atoms with Crippen molar-refractivity contribution in [2.75, 3.05) is 33.2 Å². The highest BCUT2D eigenvalue weighted by Crippen LogP contribution is 2.18. The number of alkyl halides is 3. The van der Waals surface area contributed by atoms with Gasteiger partial charge in [-0.05, 0) is 24.5 Å². The minimum absolute atomic E-state index is 0.312. The van der Waals surface area contributed by atoms with E-state index in [9.17, 15) is 18.0 Å². The van der Waals surface area contributed by atoms with Gasteiger partial charge in [0.2, 0.25) is 5.91 Å². The molecule has 1 amide bonds. The van der Waals surface area contributed by atoms with Gasteiger partial charge in [-0.3, -0.25) is 4.79 Å². The van der Waals surface area contributed by atoms with Gasteiger partial charge < -0.3 is 15.1 Å². The number of nitrogens with zero attached hydrogens (tertiary/aromatic N) is 3. The number of nitrogens with one attached hydrogen (secondary N) is 1. The summed E-state index contributed by atoms with van der Waals surface area (Å²) in [6.45, 7) is 2.35. The maximum Gasteiger partial charge on any atom is 0.406 e. The van der Waals surface area contributed by atoms with Crippen molar-refractivity contribution in [3.05, 3.63) is 35.4 Å². The van der Waals surface area contributed by atoms with Crippen LogP contribution in [0, 0.1) is 0 Å². The number of carbonyl (C=O) groups is 1. The number of likely N-dealkylation sites (N-methyl/N-ethyl adjacent to an activating group) is 1. The molecule has 0 spiro atoms. The number of amides is 1. The van der Waals surface area contributed by atoms with Crippen molar-refractivity contribution in [1.29, 1.82) is 0 Å². The summed E-state index contributed by atoms with van der Waals surface area (Å²) in [4.78, 5) is 18.8. The van der Waals surface area contributed by atoms with E-state index in [2.05, 4.69) is 16.4 Å². The van der Waals surface area contributed by atoms with Crippen LogP contribution < -0.4 is 5.32 Å². The number of halogens is 3. The molecule has 0 radical (unpaired) electrons. The van der Waals surface area contributed by atoms with Crippen LogP contribution in [0.15, 0.2) is 29.3 Å². The van der Waals surface area contributed by atoms with Gasteiger partial charge in [-0.2, -0.15) is 13.2 Å². The molecule has 0 saturated carbocycles. The zero-order valence-corrected chi connectivity index (χ0v) is 14.4. The molecule has 5 nitrogen and oxygen atoms in total. The molecular formula is C17H23F3N4O. The summed E-state index contributed by atoms with van der Waals surface area (Å²) >= 11 is 0. The lowest BCUT2D eigenvalue weighted by Gasteiger charge is -2.31. The molecular weight excluding hydrogens is 333 g/mol. The highest BCUT2D eigenvalue weighted by molar-refractivity contribution is 5.85. The first-order chi connectivity index (χ1) is 11.8. The molecule has 1 heterocycles. The van der Waals surface area contributed by atoms with Gasteiger partial charge in [0.25, 0.3) is 0 Å². The fourth-order valence-electron chi connectivity index (χ4n) is 2.72. The molecule has 1 N–H and O–H groups in total. The molecule has 0 saturated heterocycles. The lowest BCUT2D eigenvalue weighted by molar-refractivity contribution is -0.157. The third kappa shape index (κ3) is 5.65. The maximum absolute atomic E-state index is 12.4. The predicted octanol–water partition coefficient (Wildman–Crippen LogP) is 2.03. The van der Waals surface area contributed by atoms with Crippen LogP contribution in [0.5, 0.6) is 0 Å². The highest BCUT2D eigenvalue weighted by atomic mass is 19.4. The van der Waals surface area contributed by atoms with Gasteiger partial charge in [-0.25, -0.2) is 4.99 Å². The molecule has 0 bridgehead atoms. The van der Waals surface area contributed by atoms with Gasteiger partial charge in [-0.15, -0.1) is 0 Å². The average molecular weight is 356 g/mol. The van der Waals surface area contributed by atoms with Crippen molar-refractivity contribution in [2.45, 2.75) is 26.1 Å². The summed E-state index contributed by atoms with van der Waals surface area (Å²) in [5.74, 6) is -0.115. The largest absolute Gasteiger partial charge is 0.406 e. The molecule has 0 atom stereocenters. The first-order valence-corrected chi connectivity index (χ1v) is 8.21. The van der Waals surface area contributed by atoms with E-state index in [4.69, 9.17) is 0 Å². The van der Waals surface area contributed by atoms with Crippen LogP contribution in [0.2, 0.25) is 0 Å². The smallest absolute Gasteiger partial charge is 0.356 e. The predicted molar refractivity (Wildman–Crippen MR) is 90.2 cm³/mol. The van der Waals surface area contributed by atoms with E-state index >= 15 is 0 Å². The summed E-state index contributed by atoms with van der Waals surface area (Å²) in [5, 5.41) is 3.11. The second-order valence-electron chi connectivity index (χ2n) is 5.98. The Bertz CT molecular complexity index is 631. The number of hydrogen-bond donors (Lipinski definition) is 1. The summed E-state index contributed by atoms with van der Waals surface area (Å²) in [5.41, 5.74) is 2.48. The Morgan fingerprint density at radius 3 is 2.64 bits per heavy atom. The fourth-order valence-corrected chi connectivity index (χ4v) is 2.72. The zero-order valence-electron chi connectivity index (χ0n) is 14.4. The number of carbonyl (C=O) groups excluding carboxylic acids is 1. The van der Waals surface area contributed by atoms with Gasteiger partial charge in [0, 0.05) is 26.7 Å². The Labute approximate surface area is 145 Å². The van der Waals surface area contributed by atoms with Crippen LogP contribution >= 0.6 is 0 Å². The first-order valence-electron chi connectivity index (χ1n) is 8.21. The van der Waals surface area contributed by atoms with Crippen LogP contribution in [-0.4, -0.2) is 61.1 Å². The van der Waals surface area contributed by atoms with Crippen molar-refractivity contribution in [3.8, 4) is 0 Å². The van der Waals surface area contributed by atoms with E-state index < -0.39 is 18.6 Å². The number of aliphatic imine (C=N–C) groups is 1. The molecule has 1 aliphatic rings. The van der Waals surface area contributed by atoms with Crippen molar-refractivity contribution in [2.24, 2.45) is 4.99 Å². The Hall–Kier alpha value is -2.25. The second kappa shape index (κ2) is 8.22. The van der Waals surface area contributed by atoms with Crippen molar-refractivity contribution >= 4 is 11.9 Å². The molecule has 2 rings (SSSR count). The van der Waals surface area contributed by atoms with Crippen molar-refractivity contribution in [1.82, 2.24) is 15.1 Å². The third-order valence-corrected chi connectivity index (χ3v) is 3.97. The lowest BCUT2D eigenvalue weighted by atomic mass is 10.0. The fraction of sp³-hybridized carbons (Fsp3) is 0.529. The summed E-state index contributed by atoms with van der Waals surface area (Å²) in [6, 6.07) is 8.12. The minimum atomic E-state index is -4.41. The van der Waals surface area contributed by atoms with Crippen LogP contribution in [0.3, 0.4) is 0 Å². The molecule has 0 fully saturated rings. The molecule has 0 aliphatic carbocycles. The first kappa shape index (κ1) is 19.1. The third-order valence-electron chi connectivity index (χ3n) is 3.97. The van der Waals surface area contributed by atoms with Gasteiger partial charge in [-0.1, -0.05) is 24.3 Å². The van der Waals surface area contributed by atoms with Crippen LogP contribution in [0.1, 0.15) is 18.1 Å². The molecule has 25 heavy (non-hydrogen) atoms. The van der Waals surface area contributed by atoms with E-state index in [1.54, 1.807) is 0 Å². The molecule has 0 unspecified atom stereocenters. The summed E-state index contributed by atoms with van der Waals surface area (Å²) in [6.07, 6.45) is -3.54. The topological polar surface area (TPSA) is 47.9 Å². The maximum atomic E-state index is 12.4. The number of guanidine groups is 1. The van der Waals surface area contributed by atoms with Gasteiger partial charge >= 0.3 is 6.18 Å². The van der Waals surface area contributed by atoms with E-state index in [-0.39, 0.29) is 6.54 Å². The van der Waals surface area contributed by atoms with Gasteiger partial charge in [0.05, 0.1) is 0 Å². The van der Waals surface area contributed by atoms with Crippen LogP contribution in [0.4, 0.5) is 13.2 Å². The Kier molecular flexibility index (Phi) is 6.27. The standard InChI is InChI=1S/C17H23F3N4O/c1-3-21-16(22-10-15(25)23(2)12-17(18,19)20)24-9-8-13-6-4-5-7-14(13)11-24/h4-7H,3,8-12H2,1-2H3,(H,21,22). The Balaban J connectivity index is 2.03. The lowest BCUT2D eigenvalue weighted by Crippen LogP contribution is -2.45. The Morgan fingerprint density at radius 2 is 2.00 bits per heavy atom. The van der Waals surface area contributed by atoms with E-state index in [1.165, 1.54) is 11.1 Å². The molecule has 8 heteroatoms. The zero-order chi connectivity index (χ0) is 18.4.